The van der Waals surface area contributed by atoms with Crippen LogP contribution in [0.3, 0.4) is 0 Å². The normalized spacial score (nSPS) is 11.5. The molecule has 3 N–H and O–H groups in total. The molecule has 0 unspecified atom stereocenters. The number of H-pyrrole nitrogens is 1. The van der Waals surface area contributed by atoms with Crippen molar-refractivity contribution in [3.63, 3.8) is 0 Å². The van der Waals surface area contributed by atoms with Gasteiger partial charge in [-0.1, -0.05) is 17.8 Å². The predicted octanol–water partition coefficient (Wildman–Crippen LogP) is 0.598. The maximum atomic E-state index is 11.0. The summed E-state index contributed by atoms with van der Waals surface area (Å²) in [5.74, 6) is 0.550. The number of nitrogen functional groups attached to an aromatic ring is 1. The number of rotatable bonds is 4. The molecule has 1 rings (SSSR count). The van der Waals surface area contributed by atoms with Crippen LogP contribution in [0.1, 0.15) is 6.92 Å². The fraction of sp³-hybridized carbons (Fsp3) is 0.375. The van der Waals surface area contributed by atoms with Crippen LogP contribution < -0.4 is 5.73 Å². The van der Waals surface area contributed by atoms with Gasteiger partial charge in [-0.2, -0.15) is 4.98 Å². The van der Waals surface area contributed by atoms with Crippen LogP contribution in [0.4, 0.5) is 5.95 Å². The van der Waals surface area contributed by atoms with Gasteiger partial charge in [-0.25, -0.2) is 9.89 Å². The first-order valence-corrected chi connectivity index (χ1v) is 5.17. The van der Waals surface area contributed by atoms with Gasteiger partial charge in [0, 0.05) is 11.3 Å². The molecule has 0 aliphatic carbocycles. The summed E-state index contributed by atoms with van der Waals surface area (Å²) in [5, 5.41) is 6.92. The zero-order valence-electron chi connectivity index (χ0n) is 8.48. The summed E-state index contributed by atoms with van der Waals surface area (Å²) in [6.45, 7) is 1.69. The Bertz CT molecular complexity index is 374. The third-order valence-electron chi connectivity index (χ3n) is 1.59. The Kier molecular flexibility index (Phi) is 4.17. The lowest BCUT2D eigenvalue weighted by atomic mass is 10.3. The SMILES string of the molecule is COC(=O)C(C)=CCSc1n[nH]c(N)n1. The molecule has 1 aromatic heterocycles. The first kappa shape index (κ1) is 11.6. The minimum absolute atomic E-state index is 0.283. The summed E-state index contributed by atoms with van der Waals surface area (Å²) in [5.41, 5.74) is 5.91. The molecule has 0 radical (unpaired) electrons. The van der Waals surface area contributed by atoms with Gasteiger partial charge in [0.1, 0.15) is 0 Å². The molecule has 0 spiro atoms. The van der Waals surface area contributed by atoms with Gasteiger partial charge < -0.3 is 10.5 Å². The first-order chi connectivity index (χ1) is 7.13. The number of carbonyl (C=O) groups is 1. The van der Waals surface area contributed by atoms with E-state index in [-0.39, 0.29) is 11.9 Å². The molecule has 7 heteroatoms. The fourth-order valence-electron chi connectivity index (χ4n) is 0.808. The number of hydrogen-bond donors (Lipinski definition) is 2. The summed E-state index contributed by atoms with van der Waals surface area (Å²) in [7, 11) is 1.35. The number of nitrogens with zero attached hydrogens (tertiary/aromatic N) is 2. The van der Waals surface area contributed by atoms with E-state index in [2.05, 4.69) is 19.9 Å². The van der Waals surface area contributed by atoms with Crippen molar-refractivity contribution in [1.29, 1.82) is 0 Å². The van der Waals surface area contributed by atoms with Gasteiger partial charge in [-0.15, -0.1) is 5.10 Å². The first-order valence-electron chi connectivity index (χ1n) is 4.19. The van der Waals surface area contributed by atoms with E-state index in [1.54, 1.807) is 13.0 Å². The van der Waals surface area contributed by atoms with Crippen molar-refractivity contribution in [3.8, 4) is 0 Å². The smallest absolute Gasteiger partial charge is 0.333 e. The number of carbonyl (C=O) groups excluding carboxylic acids is 1. The van der Waals surface area contributed by atoms with Crippen LogP contribution in [0, 0.1) is 0 Å². The van der Waals surface area contributed by atoms with Crippen LogP contribution in [0.15, 0.2) is 16.8 Å². The van der Waals surface area contributed by atoms with E-state index in [1.165, 1.54) is 18.9 Å². The van der Waals surface area contributed by atoms with E-state index >= 15 is 0 Å². The molecular formula is C8H12N4O2S. The highest BCUT2D eigenvalue weighted by Crippen LogP contribution is 2.13. The molecule has 0 aliphatic rings. The molecule has 0 aliphatic heterocycles. The van der Waals surface area contributed by atoms with Gasteiger partial charge in [-0.3, -0.25) is 0 Å². The van der Waals surface area contributed by atoms with Crippen molar-refractivity contribution < 1.29 is 9.53 Å². The Morgan fingerprint density at radius 3 is 3.00 bits per heavy atom. The molecule has 0 bridgehead atoms. The number of ether oxygens (including phenoxy) is 1. The third-order valence-corrected chi connectivity index (χ3v) is 2.37. The second-order valence-corrected chi connectivity index (χ2v) is 3.68. The van der Waals surface area contributed by atoms with Gasteiger partial charge in [0.25, 0.3) is 0 Å². The highest BCUT2D eigenvalue weighted by atomic mass is 32.2. The second-order valence-electron chi connectivity index (χ2n) is 2.69. The average molecular weight is 228 g/mol. The van der Waals surface area contributed by atoms with Crippen LogP contribution >= 0.6 is 11.8 Å². The molecule has 0 atom stereocenters. The van der Waals surface area contributed by atoms with E-state index in [0.717, 1.165) is 0 Å². The van der Waals surface area contributed by atoms with Crippen LogP contribution in [-0.2, 0) is 9.53 Å². The van der Waals surface area contributed by atoms with Crippen molar-refractivity contribution in [2.24, 2.45) is 0 Å². The number of aromatic amines is 1. The zero-order valence-corrected chi connectivity index (χ0v) is 9.30. The summed E-state index contributed by atoms with van der Waals surface area (Å²) in [6.07, 6.45) is 1.75. The highest BCUT2D eigenvalue weighted by Gasteiger charge is 2.03. The third kappa shape index (κ3) is 3.62. The van der Waals surface area contributed by atoms with Gasteiger partial charge in [-0.05, 0) is 6.92 Å². The second kappa shape index (κ2) is 5.40. The van der Waals surface area contributed by atoms with Crippen LogP contribution in [0.25, 0.3) is 0 Å². The maximum Gasteiger partial charge on any atom is 0.333 e. The minimum Gasteiger partial charge on any atom is -0.466 e. The molecule has 82 valence electrons. The summed E-state index contributed by atoms with van der Waals surface area (Å²) in [6, 6.07) is 0. The van der Waals surface area contributed by atoms with Gasteiger partial charge in [0.2, 0.25) is 11.1 Å². The molecule has 0 saturated heterocycles. The van der Waals surface area contributed by atoms with Gasteiger partial charge in [0.15, 0.2) is 0 Å². The van der Waals surface area contributed by atoms with E-state index < -0.39 is 0 Å². The monoisotopic (exact) mass is 228 g/mol. The summed E-state index contributed by atoms with van der Waals surface area (Å²) >= 11 is 1.38. The summed E-state index contributed by atoms with van der Waals surface area (Å²) in [4.78, 5) is 14.9. The minimum atomic E-state index is -0.329. The molecule has 0 saturated carbocycles. The van der Waals surface area contributed by atoms with Crippen molar-refractivity contribution in [3.05, 3.63) is 11.6 Å². The quantitative estimate of drug-likeness (QED) is 0.445. The largest absolute Gasteiger partial charge is 0.466 e. The molecular weight excluding hydrogens is 216 g/mol. The van der Waals surface area contributed by atoms with E-state index in [1.807, 2.05) is 0 Å². The van der Waals surface area contributed by atoms with Crippen molar-refractivity contribution in [2.45, 2.75) is 12.1 Å². The van der Waals surface area contributed by atoms with Crippen molar-refractivity contribution >= 4 is 23.7 Å². The van der Waals surface area contributed by atoms with E-state index in [0.29, 0.717) is 16.5 Å². The van der Waals surface area contributed by atoms with Crippen molar-refractivity contribution in [2.75, 3.05) is 18.6 Å². The number of anilines is 1. The topological polar surface area (TPSA) is 93.9 Å². The van der Waals surface area contributed by atoms with E-state index in [4.69, 9.17) is 5.73 Å². The van der Waals surface area contributed by atoms with Gasteiger partial charge in [0.05, 0.1) is 7.11 Å². The molecule has 0 amide bonds. The van der Waals surface area contributed by atoms with Crippen LogP contribution in [0.2, 0.25) is 0 Å². The number of nitrogens with two attached hydrogens (primary N) is 1. The lowest BCUT2D eigenvalue weighted by Crippen LogP contribution is -2.01. The molecule has 6 nitrogen and oxygen atoms in total. The highest BCUT2D eigenvalue weighted by molar-refractivity contribution is 7.99. The number of aromatic nitrogens is 3. The molecule has 15 heavy (non-hydrogen) atoms. The van der Waals surface area contributed by atoms with Crippen molar-refractivity contribution in [1.82, 2.24) is 15.2 Å². The number of esters is 1. The molecule has 1 heterocycles. The maximum absolute atomic E-state index is 11.0. The van der Waals surface area contributed by atoms with Crippen LogP contribution in [0.5, 0.6) is 0 Å². The molecule has 0 aromatic carbocycles. The number of nitrogens with one attached hydrogen (secondary N) is 1. The molecule has 1 aromatic rings. The van der Waals surface area contributed by atoms with E-state index in [9.17, 15) is 4.79 Å². The van der Waals surface area contributed by atoms with Gasteiger partial charge >= 0.3 is 5.97 Å². The Morgan fingerprint density at radius 2 is 2.47 bits per heavy atom. The lowest BCUT2D eigenvalue weighted by Gasteiger charge is -1.97. The Labute approximate surface area is 91.3 Å². The number of thioether (sulfide) groups is 1. The Hall–Kier alpha value is -1.50. The fourth-order valence-corrected chi connectivity index (χ4v) is 1.56. The number of hydrogen-bond acceptors (Lipinski definition) is 6. The number of methoxy groups -OCH3 is 1. The molecule has 0 fully saturated rings. The van der Waals surface area contributed by atoms with Crippen LogP contribution in [-0.4, -0.2) is 34.0 Å². The Balaban J connectivity index is 2.41. The zero-order chi connectivity index (χ0) is 11.3. The average Bonchev–Trinajstić information content (AvgIpc) is 2.63. The summed E-state index contributed by atoms with van der Waals surface area (Å²) < 4.78 is 4.54. The predicted molar refractivity (Wildman–Crippen MR) is 57.3 cm³/mol. The lowest BCUT2D eigenvalue weighted by molar-refractivity contribution is -0.136. The standard InChI is InChI=1S/C8H12N4O2S/c1-5(6(13)14-2)3-4-15-8-10-7(9)11-12-8/h3H,4H2,1-2H3,(H3,9,10,11,12). The Morgan fingerprint density at radius 1 is 1.73 bits per heavy atom.